The minimum Gasteiger partial charge on any atom is -0.466 e. The molecule has 0 aromatic heterocycles. The Morgan fingerprint density at radius 2 is 2.10 bits per heavy atom. The molecule has 0 N–H and O–H groups in total. The highest BCUT2D eigenvalue weighted by Crippen LogP contribution is 2.36. The highest BCUT2D eigenvalue weighted by molar-refractivity contribution is 6.02. The molecule has 0 amide bonds. The van der Waals surface area contributed by atoms with E-state index >= 15 is 0 Å². The van der Waals surface area contributed by atoms with Crippen LogP contribution in [-0.4, -0.2) is 31.6 Å². The molecule has 2 rings (SSSR count). The monoisotopic (exact) mass is 271 g/mol. The van der Waals surface area contributed by atoms with Crippen molar-refractivity contribution >= 4 is 17.6 Å². The van der Waals surface area contributed by atoms with Gasteiger partial charge in [-0.15, -0.1) is 0 Å². The highest BCUT2D eigenvalue weighted by Gasteiger charge is 2.22. The molecule has 0 bridgehead atoms. The number of carbonyl (C=O) groups is 1. The molecule has 1 aromatic carbocycles. The number of allylic oxidation sites excluding steroid dienone is 1. The molecule has 1 aromatic rings. The minimum absolute atomic E-state index is 0.313. The van der Waals surface area contributed by atoms with Crippen molar-refractivity contribution in [3.8, 4) is 0 Å². The van der Waals surface area contributed by atoms with Crippen molar-refractivity contribution in [3.63, 3.8) is 0 Å². The summed E-state index contributed by atoms with van der Waals surface area (Å²) in [6, 6.07) is 8.12. The van der Waals surface area contributed by atoms with Crippen molar-refractivity contribution in [3.05, 3.63) is 47.2 Å². The lowest BCUT2D eigenvalue weighted by atomic mass is 10.0. The van der Waals surface area contributed by atoms with Crippen LogP contribution in [-0.2, 0) is 9.53 Å². The lowest BCUT2D eigenvalue weighted by molar-refractivity contribution is -0.134. The van der Waals surface area contributed by atoms with Gasteiger partial charge in [0, 0.05) is 30.9 Å². The lowest BCUT2D eigenvalue weighted by Crippen LogP contribution is -2.19. The number of rotatable bonds is 5. The number of likely N-dealkylation sites (N-methyl/N-ethyl adjacent to an activating group) is 1. The van der Waals surface area contributed by atoms with Crippen LogP contribution in [0.1, 0.15) is 30.9 Å². The van der Waals surface area contributed by atoms with Crippen LogP contribution in [0.5, 0.6) is 0 Å². The molecule has 0 spiro atoms. The molecule has 0 radical (unpaired) electrons. The second-order valence-corrected chi connectivity index (χ2v) is 4.97. The summed E-state index contributed by atoms with van der Waals surface area (Å²) in [7, 11) is 3.48. The molecule has 0 saturated carbocycles. The standard InChI is InChI=1S/C17H21NO2/c1-4-5-10-18(2)16-11-13-8-6-7-9-14(13)15(16)12-17(19)20-3/h6-9,11-12H,4-5,10H2,1-3H3/b15-12+. The van der Waals surface area contributed by atoms with Crippen molar-refractivity contribution in [2.75, 3.05) is 20.7 Å². The number of unbranched alkanes of at least 4 members (excludes halogenated alkanes) is 1. The van der Waals surface area contributed by atoms with E-state index in [2.05, 4.69) is 31.0 Å². The Balaban J connectivity index is 2.35. The third-order valence-electron chi connectivity index (χ3n) is 3.54. The average molecular weight is 271 g/mol. The number of fused-ring (bicyclic) bond motifs is 1. The minimum atomic E-state index is -0.313. The van der Waals surface area contributed by atoms with Crippen LogP contribution in [0, 0.1) is 0 Å². The number of hydrogen-bond acceptors (Lipinski definition) is 3. The summed E-state index contributed by atoms with van der Waals surface area (Å²) in [6.45, 7) is 3.16. The molecule has 3 nitrogen and oxygen atoms in total. The zero-order valence-electron chi connectivity index (χ0n) is 12.3. The number of hydrogen-bond donors (Lipinski definition) is 0. The molecule has 106 valence electrons. The summed E-state index contributed by atoms with van der Waals surface area (Å²) in [5.74, 6) is -0.313. The normalized spacial score (nSPS) is 14.9. The molecule has 0 heterocycles. The maximum atomic E-state index is 11.6. The molecule has 3 heteroatoms. The van der Waals surface area contributed by atoms with E-state index in [1.54, 1.807) is 6.08 Å². The van der Waals surface area contributed by atoms with E-state index in [0.29, 0.717) is 0 Å². The largest absolute Gasteiger partial charge is 0.466 e. The van der Waals surface area contributed by atoms with Crippen LogP contribution in [0.4, 0.5) is 0 Å². The fourth-order valence-electron chi connectivity index (χ4n) is 2.39. The highest BCUT2D eigenvalue weighted by atomic mass is 16.5. The van der Waals surface area contributed by atoms with Gasteiger partial charge in [-0.25, -0.2) is 4.79 Å². The van der Waals surface area contributed by atoms with Gasteiger partial charge in [-0.2, -0.15) is 0 Å². The van der Waals surface area contributed by atoms with Gasteiger partial charge in [0.05, 0.1) is 7.11 Å². The van der Waals surface area contributed by atoms with Crippen molar-refractivity contribution in [2.45, 2.75) is 19.8 Å². The third-order valence-corrected chi connectivity index (χ3v) is 3.54. The quantitative estimate of drug-likeness (QED) is 0.607. The Hall–Kier alpha value is -2.03. The van der Waals surface area contributed by atoms with E-state index in [9.17, 15) is 4.79 Å². The van der Waals surface area contributed by atoms with E-state index in [4.69, 9.17) is 4.74 Å². The maximum Gasteiger partial charge on any atom is 0.331 e. The SMILES string of the molecule is CCCCN(C)C1=Cc2ccccc2/C1=C\C(=O)OC. The zero-order valence-corrected chi connectivity index (χ0v) is 12.3. The predicted molar refractivity (Wildman–Crippen MR) is 82.0 cm³/mol. The van der Waals surface area contributed by atoms with Crippen LogP contribution < -0.4 is 0 Å². The first-order valence-corrected chi connectivity index (χ1v) is 6.99. The molecule has 0 unspecified atom stereocenters. The summed E-state index contributed by atoms with van der Waals surface area (Å²) < 4.78 is 4.78. The first-order valence-electron chi connectivity index (χ1n) is 6.99. The second kappa shape index (κ2) is 6.42. The van der Waals surface area contributed by atoms with Crippen molar-refractivity contribution in [2.24, 2.45) is 0 Å². The fourth-order valence-corrected chi connectivity index (χ4v) is 2.39. The van der Waals surface area contributed by atoms with E-state index < -0.39 is 0 Å². The van der Waals surface area contributed by atoms with Crippen molar-refractivity contribution in [1.82, 2.24) is 4.90 Å². The van der Waals surface area contributed by atoms with Gasteiger partial charge in [-0.05, 0) is 23.6 Å². The van der Waals surface area contributed by atoms with Crippen molar-refractivity contribution in [1.29, 1.82) is 0 Å². The summed E-state index contributed by atoms with van der Waals surface area (Å²) in [4.78, 5) is 13.8. The van der Waals surface area contributed by atoms with Gasteiger partial charge in [-0.1, -0.05) is 37.6 Å². The predicted octanol–water partition coefficient (Wildman–Crippen LogP) is 3.33. The topological polar surface area (TPSA) is 29.5 Å². The van der Waals surface area contributed by atoms with Gasteiger partial charge >= 0.3 is 5.97 Å². The lowest BCUT2D eigenvalue weighted by Gasteiger charge is -2.21. The number of benzene rings is 1. The van der Waals surface area contributed by atoms with Gasteiger partial charge in [0.2, 0.25) is 0 Å². The van der Waals surface area contributed by atoms with E-state index in [1.807, 2.05) is 18.2 Å². The van der Waals surface area contributed by atoms with Gasteiger partial charge in [0.1, 0.15) is 0 Å². The van der Waals surface area contributed by atoms with E-state index in [0.717, 1.165) is 41.8 Å². The zero-order chi connectivity index (χ0) is 14.5. The van der Waals surface area contributed by atoms with Gasteiger partial charge in [0.15, 0.2) is 0 Å². The number of methoxy groups -OCH3 is 1. The maximum absolute atomic E-state index is 11.6. The fraction of sp³-hybridized carbons (Fsp3) is 0.353. The Labute approximate surface area is 120 Å². The van der Waals surface area contributed by atoms with Crippen LogP contribution in [0.15, 0.2) is 36.0 Å². The van der Waals surface area contributed by atoms with Crippen LogP contribution in [0.3, 0.4) is 0 Å². The first-order chi connectivity index (χ1) is 9.67. The molecular formula is C17H21NO2. The summed E-state index contributed by atoms with van der Waals surface area (Å²) in [6.07, 6.45) is 6.01. The Morgan fingerprint density at radius 3 is 2.80 bits per heavy atom. The smallest absolute Gasteiger partial charge is 0.331 e. The van der Waals surface area contributed by atoms with Crippen LogP contribution in [0.25, 0.3) is 11.6 Å². The Bertz CT molecular complexity index is 558. The first kappa shape index (κ1) is 14.4. The Kier molecular flexibility index (Phi) is 4.61. The third kappa shape index (κ3) is 2.93. The van der Waals surface area contributed by atoms with Gasteiger partial charge < -0.3 is 9.64 Å². The van der Waals surface area contributed by atoms with Crippen LogP contribution >= 0.6 is 0 Å². The average Bonchev–Trinajstić information content (AvgIpc) is 2.83. The molecule has 20 heavy (non-hydrogen) atoms. The molecule has 1 aliphatic carbocycles. The molecular weight excluding hydrogens is 250 g/mol. The van der Waals surface area contributed by atoms with Crippen LogP contribution in [0.2, 0.25) is 0 Å². The number of ether oxygens (including phenoxy) is 1. The van der Waals surface area contributed by atoms with E-state index in [-0.39, 0.29) is 5.97 Å². The summed E-state index contributed by atoms with van der Waals surface area (Å²) >= 11 is 0. The van der Waals surface area contributed by atoms with Crippen molar-refractivity contribution < 1.29 is 9.53 Å². The van der Waals surface area contributed by atoms with Gasteiger partial charge in [0.25, 0.3) is 0 Å². The van der Waals surface area contributed by atoms with E-state index in [1.165, 1.54) is 7.11 Å². The molecule has 0 atom stereocenters. The summed E-state index contributed by atoms with van der Waals surface area (Å²) in [5, 5.41) is 0. The molecule has 1 aliphatic rings. The summed E-state index contributed by atoms with van der Waals surface area (Å²) in [5.41, 5.74) is 4.29. The molecule has 0 aliphatic heterocycles. The molecule has 0 saturated heterocycles. The second-order valence-electron chi connectivity index (χ2n) is 4.97. The number of carbonyl (C=O) groups excluding carboxylic acids is 1. The molecule has 0 fully saturated rings. The Morgan fingerprint density at radius 1 is 1.35 bits per heavy atom. The van der Waals surface area contributed by atoms with Gasteiger partial charge in [-0.3, -0.25) is 0 Å². The number of nitrogens with zero attached hydrogens (tertiary/aromatic N) is 1. The number of esters is 1.